The van der Waals surface area contributed by atoms with E-state index in [2.05, 4.69) is 17.1 Å². The molecule has 1 aromatic rings. The van der Waals surface area contributed by atoms with Crippen molar-refractivity contribution in [3.63, 3.8) is 0 Å². The molecule has 0 spiro atoms. The predicted octanol–water partition coefficient (Wildman–Crippen LogP) is 2.00. The van der Waals surface area contributed by atoms with Crippen molar-refractivity contribution in [2.24, 2.45) is 0 Å². The van der Waals surface area contributed by atoms with Gasteiger partial charge >= 0.3 is 5.97 Å². The molecule has 0 aliphatic rings. The molecule has 58 valence electrons. The molecule has 0 atom stereocenters. The number of aryl methyl sites for hydroxylation is 1. The summed E-state index contributed by atoms with van der Waals surface area (Å²) in [4.78, 5) is 10.8. The zero-order chi connectivity index (χ0) is 8.27. The fourth-order valence-electron chi connectivity index (χ4n) is 0.742. The summed E-state index contributed by atoms with van der Waals surface area (Å²) in [6.07, 6.45) is 0. The Bertz CT molecular complexity index is 253. The Hall–Kier alpha value is -0.960. The van der Waals surface area contributed by atoms with Gasteiger partial charge in [-0.05, 0) is 19.1 Å². The summed E-state index contributed by atoms with van der Waals surface area (Å²) in [5.74, 6) is -0.423. The van der Waals surface area contributed by atoms with Crippen LogP contribution < -0.4 is 0 Å². The summed E-state index contributed by atoms with van der Waals surface area (Å²) in [5, 5.41) is 0. The van der Waals surface area contributed by atoms with Gasteiger partial charge in [-0.2, -0.15) is 0 Å². The Morgan fingerprint density at radius 2 is 1.91 bits per heavy atom. The van der Waals surface area contributed by atoms with E-state index in [1.807, 2.05) is 19.1 Å². The van der Waals surface area contributed by atoms with Gasteiger partial charge in [0.1, 0.15) is 0 Å². The zero-order valence-corrected chi connectivity index (χ0v) is 6.97. The van der Waals surface area contributed by atoms with Crippen LogP contribution in [0.1, 0.15) is 15.9 Å². The van der Waals surface area contributed by atoms with E-state index in [1.54, 1.807) is 12.1 Å². The third-order valence-corrected chi connectivity index (χ3v) is 1.54. The van der Waals surface area contributed by atoms with Crippen molar-refractivity contribution in [2.75, 3.05) is 0 Å². The van der Waals surface area contributed by atoms with Crippen molar-refractivity contribution in [3.05, 3.63) is 35.4 Å². The molecular weight excluding hydrogens is 160 g/mol. The van der Waals surface area contributed by atoms with Crippen LogP contribution in [0.3, 0.4) is 0 Å². The largest absolute Gasteiger partial charge is 0.391 e. The Morgan fingerprint density at radius 3 is 2.36 bits per heavy atom. The number of carbonyl (C=O) groups excluding carboxylic acids is 1. The van der Waals surface area contributed by atoms with E-state index in [4.69, 9.17) is 0 Å². The lowest BCUT2D eigenvalue weighted by molar-refractivity contribution is 0.0772. The molecule has 0 saturated carbocycles. The van der Waals surface area contributed by atoms with Crippen molar-refractivity contribution in [1.82, 2.24) is 0 Å². The Kier molecular flexibility index (Phi) is 2.54. The minimum absolute atomic E-state index is 0.423. The van der Waals surface area contributed by atoms with Crippen LogP contribution in [0.5, 0.6) is 0 Å². The highest BCUT2D eigenvalue weighted by atomic mass is 32.1. The summed E-state index contributed by atoms with van der Waals surface area (Å²) in [7, 11) is 0. The van der Waals surface area contributed by atoms with Crippen LogP contribution in [0.15, 0.2) is 24.3 Å². The first kappa shape index (κ1) is 8.14. The van der Waals surface area contributed by atoms with Gasteiger partial charge < -0.3 is 4.18 Å². The predicted molar refractivity (Wildman–Crippen MR) is 45.6 cm³/mol. The van der Waals surface area contributed by atoms with Gasteiger partial charge in [-0.3, -0.25) is 0 Å². The molecule has 0 aliphatic carbocycles. The van der Waals surface area contributed by atoms with Crippen molar-refractivity contribution >= 4 is 18.9 Å². The molecule has 0 amide bonds. The normalized spacial score (nSPS) is 9.27. The van der Waals surface area contributed by atoms with E-state index >= 15 is 0 Å². The minimum Gasteiger partial charge on any atom is -0.391 e. The average molecular weight is 168 g/mol. The molecule has 1 rings (SSSR count). The highest BCUT2D eigenvalue weighted by Crippen LogP contribution is 2.04. The van der Waals surface area contributed by atoms with E-state index in [9.17, 15) is 4.79 Å². The first-order chi connectivity index (χ1) is 5.24. The monoisotopic (exact) mass is 168 g/mol. The highest BCUT2D eigenvalue weighted by Gasteiger charge is 2.02. The standard InChI is InChI=1S/C8H8O2S/c1-6-2-4-7(5-3-6)8(9)10-11/h2-5,11H,1H3. The fraction of sp³-hybridized carbons (Fsp3) is 0.125. The van der Waals surface area contributed by atoms with Gasteiger partial charge in [0.05, 0.1) is 5.56 Å². The van der Waals surface area contributed by atoms with E-state index in [0.717, 1.165) is 5.56 Å². The van der Waals surface area contributed by atoms with Gasteiger partial charge in [-0.1, -0.05) is 17.7 Å². The third-order valence-electron chi connectivity index (χ3n) is 1.37. The zero-order valence-electron chi connectivity index (χ0n) is 6.07. The molecule has 0 aromatic heterocycles. The Labute approximate surface area is 70.8 Å². The van der Waals surface area contributed by atoms with Crippen molar-refractivity contribution in [1.29, 1.82) is 0 Å². The van der Waals surface area contributed by atoms with Crippen LogP contribution in [-0.4, -0.2) is 5.97 Å². The first-order valence-corrected chi connectivity index (χ1v) is 3.53. The maximum Gasteiger partial charge on any atom is 0.349 e. The Balaban J connectivity index is 2.90. The second kappa shape index (κ2) is 3.44. The molecule has 0 radical (unpaired) electrons. The SMILES string of the molecule is Cc1ccc(C(=O)OS)cc1. The van der Waals surface area contributed by atoms with Crippen LogP contribution in [-0.2, 0) is 4.18 Å². The van der Waals surface area contributed by atoms with Crippen LogP contribution in [0, 0.1) is 6.92 Å². The molecule has 11 heavy (non-hydrogen) atoms. The third kappa shape index (κ3) is 1.98. The average Bonchev–Trinajstić information content (AvgIpc) is 2.05. The van der Waals surface area contributed by atoms with Crippen molar-refractivity contribution in [3.8, 4) is 0 Å². The lowest BCUT2D eigenvalue weighted by Crippen LogP contribution is -1.96. The van der Waals surface area contributed by atoms with Crippen LogP contribution in [0.25, 0.3) is 0 Å². The van der Waals surface area contributed by atoms with Crippen LogP contribution >= 0.6 is 12.9 Å². The van der Waals surface area contributed by atoms with E-state index < -0.39 is 5.97 Å². The summed E-state index contributed by atoms with van der Waals surface area (Å²) in [6.45, 7) is 1.95. The van der Waals surface area contributed by atoms with E-state index in [-0.39, 0.29) is 0 Å². The molecular formula is C8H8O2S. The Morgan fingerprint density at radius 1 is 1.36 bits per heavy atom. The smallest absolute Gasteiger partial charge is 0.349 e. The summed E-state index contributed by atoms with van der Waals surface area (Å²) in [5.41, 5.74) is 1.63. The van der Waals surface area contributed by atoms with Crippen LogP contribution in [0.4, 0.5) is 0 Å². The summed E-state index contributed by atoms with van der Waals surface area (Å²) < 4.78 is 4.23. The van der Waals surface area contributed by atoms with Gasteiger partial charge in [-0.15, -0.1) is 0 Å². The van der Waals surface area contributed by atoms with Crippen molar-refractivity contribution in [2.45, 2.75) is 6.92 Å². The first-order valence-electron chi connectivity index (χ1n) is 3.16. The number of benzene rings is 1. The molecule has 0 saturated heterocycles. The quantitative estimate of drug-likeness (QED) is 0.512. The lowest BCUT2D eigenvalue weighted by Gasteiger charge is -1.96. The minimum atomic E-state index is -0.423. The van der Waals surface area contributed by atoms with Gasteiger partial charge in [0.25, 0.3) is 0 Å². The molecule has 2 nitrogen and oxygen atoms in total. The summed E-state index contributed by atoms with van der Waals surface area (Å²) in [6, 6.07) is 7.10. The fourth-order valence-corrected chi connectivity index (χ4v) is 0.848. The molecule has 0 heterocycles. The number of hydrogen-bond acceptors (Lipinski definition) is 3. The second-order valence-electron chi connectivity index (χ2n) is 2.24. The van der Waals surface area contributed by atoms with E-state index in [0.29, 0.717) is 5.56 Å². The van der Waals surface area contributed by atoms with Crippen molar-refractivity contribution < 1.29 is 8.98 Å². The van der Waals surface area contributed by atoms with Gasteiger partial charge in [0.15, 0.2) is 0 Å². The maximum atomic E-state index is 10.8. The molecule has 0 aliphatic heterocycles. The molecule has 0 fully saturated rings. The molecule has 0 N–H and O–H groups in total. The van der Waals surface area contributed by atoms with Gasteiger partial charge in [0, 0.05) is 12.9 Å². The molecule has 3 heteroatoms. The molecule has 0 unspecified atom stereocenters. The highest BCUT2D eigenvalue weighted by molar-refractivity contribution is 7.75. The molecule has 1 aromatic carbocycles. The van der Waals surface area contributed by atoms with E-state index in [1.165, 1.54) is 0 Å². The van der Waals surface area contributed by atoms with Gasteiger partial charge in [0.2, 0.25) is 0 Å². The topological polar surface area (TPSA) is 26.3 Å². The maximum absolute atomic E-state index is 10.8. The second-order valence-corrected chi connectivity index (χ2v) is 2.43. The molecule has 0 bridgehead atoms. The number of thiol groups is 1. The van der Waals surface area contributed by atoms with Gasteiger partial charge in [-0.25, -0.2) is 4.79 Å². The number of carbonyl (C=O) groups is 1. The number of rotatable bonds is 1. The van der Waals surface area contributed by atoms with Crippen LogP contribution in [0.2, 0.25) is 0 Å². The summed E-state index contributed by atoms with van der Waals surface area (Å²) >= 11 is 3.40. The number of hydrogen-bond donors (Lipinski definition) is 1. The lowest BCUT2D eigenvalue weighted by atomic mass is 10.2.